The number of rotatable bonds is 8. The van der Waals surface area contributed by atoms with Gasteiger partial charge in [-0.25, -0.2) is 0 Å². The van der Waals surface area contributed by atoms with E-state index in [4.69, 9.17) is 17.0 Å². The Morgan fingerprint density at radius 1 is 1.26 bits per heavy atom. The van der Waals surface area contributed by atoms with Crippen LogP contribution in [0.5, 0.6) is 0 Å². The average Bonchev–Trinajstić information content (AvgIpc) is 2.86. The number of thiocarbonyl (C=S) groups is 1. The molecule has 0 aromatic heterocycles. The molecule has 0 spiro atoms. The van der Waals surface area contributed by atoms with E-state index in [1.165, 1.54) is 25.7 Å². The third-order valence-corrected chi connectivity index (χ3v) is 4.30. The van der Waals surface area contributed by atoms with Gasteiger partial charge in [-0.1, -0.05) is 12.8 Å². The number of nitrogens with one attached hydrogen (secondary N) is 2. The van der Waals surface area contributed by atoms with Gasteiger partial charge in [0.25, 0.3) is 0 Å². The van der Waals surface area contributed by atoms with Gasteiger partial charge in [-0.05, 0) is 52.5 Å². The molecule has 5 heteroatoms. The molecule has 4 nitrogen and oxygen atoms in total. The van der Waals surface area contributed by atoms with E-state index in [-0.39, 0.29) is 5.54 Å². The van der Waals surface area contributed by atoms with Crippen molar-refractivity contribution < 1.29 is 4.74 Å². The zero-order chi connectivity index (χ0) is 14.1. The summed E-state index contributed by atoms with van der Waals surface area (Å²) in [6.45, 7) is 5.42. The second-order valence-electron chi connectivity index (χ2n) is 5.49. The number of nitrogens with zero attached hydrogens (tertiary/aromatic N) is 1. The zero-order valence-corrected chi connectivity index (χ0v) is 13.4. The molecular weight excluding hydrogens is 258 g/mol. The van der Waals surface area contributed by atoms with Crippen LogP contribution in [0.4, 0.5) is 0 Å². The van der Waals surface area contributed by atoms with Crippen LogP contribution in [0.2, 0.25) is 0 Å². The van der Waals surface area contributed by atoms with Crippen molar-refractivity contribution in [2.45, 2.75) is 44.6 Å². The lowest BCUT2D eigenvalue weighted by Gasteiger charge is -2.36. The van der Waals surface area contributed by atoms with Crippen LogP contribution in [0.3, 0.4) is 0 Å². The van der Waals surface area contributed by atoms with Crippen LogP contribution in [0.25, 0.3) is 0 Å². The van der Waals surface area contributed by atoms with E-state index < -0.39 is 0 Å². The summed E-state index contributed by atoms with van der Waals surface area (Å²) in [4.78, 5) is 2.35. The van der Waals surface area contributed by atoms with Crippen molar-refractivity contribution >= 4 is 17.3 Å². The minimum atomic E-state index is 0.289. The van der Waals surface area contributed by atoms with E-state index in [1.807, 2.05) is 6.92 Å². The molecule has 0 heterocycles. The summed E-state index contributed by atoms with van der Waals surface area (Å²) in [7, 11) is 4.34. The second-order valence-corrected chi connectivity index (χ2v) is 5.89. The molecular formula is C14H29N3OS. The molecule has 0 aromatic rings. The number of ether oxygens (including phenoxy) is 1. The van der Waals surface area contributed by atoms with E-state index in [2.05, 4.69) is 29.6 Å². The van der Waals surface area contributed by atoms with Crippen LogP contribution in [-0.2, 0) is 4.74 Å². The molecule has 0 amide bonds. The van der Waals surface area contributed by atoms with Crippen molar-refractivity contribution in [3.8, 4) is 0 Å². The lowest BCUT2D eigenvalue weighted by Crippen LogP contribution is -2.52. The topological polar surface area (TPSA) is 36.5 Å². The summed E-state index contributed by atoms with van der Waals surface area (Å²) in [5.74, 6) is 0. The van der Waals surface area contributed by atoms with Gasteiger partial charge in [0.05, 0.1) is 0 Å². The van der Waals surface area contributed by atoms with Crippen LogP contribution < -0.4 is 10.6 Å². The van der Waals surface area contributed by atoms with Gasteiger partial charge in [-0.2, -0.15) is 0 Å². The third-order valence-electron chi connectivity index (χ3n) is 4.02. The minimum absolute atomic E-state index is 0.289. The minimum Gasteiger partial charge on any atom is -0.382 e. The Morgan fingerprint density at radius 3 is 2.53 bits per heavy atom. The molecule has 112 valence electrons. The largest absolute Gasteiger partial charge is 0.382 e. The zero-order valence-electron chi connectivity index (χ0n) is 12.6. The maximum Gasteiger partial charge on any atom is 0.166 e. The Balaban J connectivity index is 2.18. The summed E-state index contributed by atoms with van der Waals surface area (Å²) in [5.41, 5.74) is 0.289. The molecule has 0 aromatic carbocycles. The second kappa shape index (κ2) is 8.72. The molecule has 0 aliphatic heterocycles. The highest BCUT2D eigenvalue weighted by atomic mass is 32.1. The molecule has 1 aliphatic carbocycles. The lowest BCUT2D eigenvalue weighted by molar-refractivity contribution is 0.145. The predicted octanol–water partition coefficient (Wildman–Crippen LogP) is 1.75. The molecule has 0 unspecified atom stereocenters. The Morgan fingerprint density at radius 2 is 1.95 bits per heavy atom. The molecule has 1 rings (SSSR count). The SMILES string of the molecule is CCOCCCNC(=S)NCC1(N(C)C)CCCC1. The molecule has 1 saturated carbocycles. The van der Waals surface area contributed by atoms with Gasteiger partial charge in [0, 0.05) is 31.8 Å². The molecule has 0 atom stereocenters. The first kappa shape index (κ1) is 16.7. The molecule has 1 aliphatic rings. The summed E-state index contributed by atoms with van der Waals surface area (Å²) >= 11 is 5.32. The van der Waals surface area contributed by atoms with Crippen LogP contribution >= 0.6 is 12.2 Å². The van der Waals surface area contributed by atoms with Gasteiger partial charge >= 0.3 is 0 Å². The lowest BCUT2D eigenvalue weighted by atomic mass is 9.96. The standard InChI is InChI=1S/C14H29N3OS/c1-4-18-11-7-10-15-13(19)16-12-14(17(2)3)8-5-6-9-14/h4-12H2,1-3H3,(H2,15,16,19). The molecule has 0 bridgehead atoms. The van der Waals surface area contributed by atoms with Crippen LogP contribution in [0, 0.1) is 0 Å². The fourth-order valence-corrected chi connectivity index (χ4v) is 2.82. The van der Waals surface area contributed by atoms with E-state index in [0.717, 1.165) is 37.8 Å². The molecule has 1 fully saturated rings. The fraction of sp³-hybridized carbons (Fsp3) is 0.929. The smallest absolute Gasteiger partial charge is 0.166 e. The fourth-order valence-electron chi connectivity index (χ4n) is 2.64. The highest BCUT2D eigenvalue weighted by Gasteiger charge is 2.35. The van der Waals surface area contributed by atoms with Gasteiger partial charge in [0.15, 0.2) is 5.11 Å². The Bertz CT molecular complexity index is 265. The summed E-state index contributed by atoms with van der Waals surface area (Å²) in [6.07, 6.45) is 6.18. The summed E-state index contributed by atoms with van der Waals surface area (Å²) < 4.78 is 5.29. The maximum atomic E-state index is 5.32. The third kappa shape index (κ3) is 5.63. The Kier molecular flexibility index (Phi) is 7.64. The van der Waals surface area contributed by atoms with E-state index in [1.54, 1.807) is 0 Å². The van der Waals surface area contributed by atoms with Gasteiger partial charge < -0.3 is 20.3 Å². The van der Waals surface area contributed by atoms with Crippen molar-refractivity contribution in [1.29, 1.82) is 0 Å². The van der Waals surface area contributed by atoms with Gasteiger partial charge in [-0.15, -0.1) is 0 Å². The van der Waals surface area contributed by atoms with Crippen molar-refractivity contribution in [3.63, 3.8) is 0 Å². The van der Waals surface area contributed by atoms with Crippen molar-refractivity contribution in [1.82, 2.24) is 15.5 Å². The van der Waals surface area contributed by atoms with Crippen LogP contribution in [0.15, 0.2) is 0 Å². The molecule has 2 N–H and O–H groups in total. The highest BCUT2D eigenvalue weighted by Crippen LogP contribution is 2.32. The number of hydrogen-bond acceptors (Lipinski definition) is 3. The molecule has 19 heavy (non-hydrogen) atoms. The van der Waals surface area contributed by atoms with Gasteiger partial charge in [0.1, 0.15) is 0 Å². The van der Waals surface area contributed by atoms with Gasteiger partial charge in [0.2, 0.25) is 0 Å². The van der Waals surface area contributed by atoms with Crippen molar-refractivity contribution in [3.05, 3.63) is 0 Å². The van der Waals surface area contributed by atoms with Crippen molar-refractivity contribution in [2.75, 3.05) is 40.4 Å². The monoisotopic (exact) mass is 287 g/mol. The van der Waals surface area contributed by atoms with Crippen molar-refractivity contribution in [2.24, 2.45) is 0 Å². The number of hydrogen-bond donors (Lipinski definition) is 2. The average molecular weight is 287 g/mol. The van der Waals surface area contributed by atoms with Crippen LogP contribution in [0.1, 0.15) is 39.0 Å². The Labute approximate surface area is 123 Å². The Hall–Kier alpha value is -0.390. The highest BCUT2D eigenvalue weighted by molar-refractivity contribution is 7.80. The quantitative estimate of drug-likeness (QED) is 0.525. The van der Waals surface area contributed by atoms with E-state index in [0.29, 0.717) is 0 Å². The normalized spacial score (nSPS) is 17.7. The van der Waals surface area contributed by atoms with Gasteiger partial charge in [-0.3, -0.25) is 0 Å². The first-order valence-electron chi connectivity index (χ1n) is 7.37. The van der Waals surface area contributed by atoms with E-state index in [9.17, 15) is 0 Å². The molecule has 0 radical (unpaired) electrons. The first-order chi connectivity index (χ1) is 9.10. The maximum absolute atomic E-state index is 5.32. The van der Waals surface area contributed by atoms with E-state index >= 15 is 0 Å². The summed E-state index contributed by atoms with van der Waals surface area (Å²) in [6, 6.07) is 0. The van der Waals surface area contributed by atoms with Crippen LogP contribution in [-0.4, -0.2) is 55.9 Å². The summed E-state index contributed by atoms with van der Waals surface area (Å²) in [5, 5.41) is 7.39. The number of likely N-dealkylation sites (N-methyl/N-ethyl adjacent to an activating group) is 1. The molecule has 0 saturated heterocycles. The predicted molar refractivity (Wildman–Crippen MR) is 84.6 cm³/mol. The first-order valence-corrected chi connectivity index (χ1v) is 7.78.